The number of aromatic carboxylic acids is 1. The lowest BCUT2D eigenvalue weighted by Crippen LogP contribution is -2.30. The third kappa shape index (κ3) is 3.15. The van der Waals surface area contributed by atoms with Crippen LogP contribution in [0, 0.1) is 6.92 Å². The molecule has 1 aromatic heterocycles. The van der Waals surface area contributed by atoms with Crippen LogP contribution >= 0.6 is 11.3 Å². The van der Waals surface area contributed by atoms with Gasteiger partial charge in [-0.25, -0.2) is 17.9 Å². The number of hydrogen-bond acceptors (Lipinski definition) is 4. The number of sulfonamides is 1. The summed E-state index contributed by atoms with van der Waals surface area (Å²) in [4.78, 5) is 10.9. The zero-order valence-electron chi connectivity index (χ0n) is 9.43. The van der Waals surface area contributed by atoms with Gasteiger partial charge in [-0.3, -0.25) is 0 Å². The van der Waals surface area contributed by atoms with Crippen LogP contribution in [-0.2, 0) is 10.0 Å². The minimum atomic E-state index is -3.67. The van der Waals surface area contributed by atoms with Crippen LogP contribution in [0.2, 0.25) is 0 Å². The molecule has 17 heavy (non-hydrogen) atoms. The summed E-state index contributed by atoms with van der Waals surface area (Å²) in [5.74, 6) is -1.12. The maximum Gasteiger partial charge on any atom is 0.346 e. The van der Waals surface area contributed by atoms with Crippen LogP contribution in [0.1, 0.15) is 22.2 Å². The molecule has 0 bridgehead atoms. The fraction of sp³-hybridized carbons (Fsp3) is 0.300. The topological polar surface area (TPSA) is 83.5 Å². The first-order valence-electron chi connectivity index (χ1n) is 4.76. The van der Waals surface area contributed by atoms with Crippen molar-refractivity contribution in [1.29, 1.82) is 0 Å². The first kappa shape index (κ1) is 13.9. The molecule has 1 heterocycles. The molecule has 7 heteroatoms. The second kappa shape index (κ2) is 4.99. The molecule has 0 aliphatic carbocycles. The largest absolute Gasteiger partial charge is 0.477 e. The van der Waals surface area contributed by atoms with Crippen LogP contribution in [0.5, 0.6) is 0 Å². The number of nitrogens with one attached hydrogen (secondary N) is 1. The molecule has 2 N–H and O–H groups in total. The second-order valence-corrected chi connectivity index (χ2v) is 6.52. The van der Waals surface area contributed by atoms with E-state index in [0.29, 0.717) is 5.56 Å². The van der Waals surface area contributed by atoms with E-state index >= 15 is 0 Å². The maximum absolute atomic E-state index is 11.8. The number of aryl methyl sites for hydroxylation is 1. The van der Waals surface area contributed by atoms with Crippen molar-refractivity contribution in [3.63, 3.8) is 0 Å². The Kier molecular flexibility index (Phi) is 4.07. The summed E-state index contributed by atoms with van der Waals surface area (Å²) in [6.45, 7) is 6.68. The van der Waals surface area contributed by atoms with Gasteiger partial charge >= 0.3 is 5.97 Å². The lowest BCUT2D eigenvalue weighted by molar-refractivity contribution is 0.0701. The van der Waals surface area contributed by atoms with Gasteiger partial charge in [0.1, 0.15) is 9.09 Å². The molecule has 0 amide bonds. The Balaban J connectivity index is 3.12. The van der Waals surface area contributed by atoms with Gasteiger partial charge in [-0.15, -0.1) is 17.9 Å². The van der Waals surface area contributed by atoms with Gasteiger partial charge in [-0.2, -0.15) is 0 Å². The molecule has 1 rings (SSSR count). The van der Waals surface area contributed by atoms with Crippen molar-refractivity contribution >= 4 is 27.3 Å². The minimum absolute atomic E-state index is 0.00102. The molecule has 1 atom stereocenters. The van der Waals surface area contributed by atoms with Crippen molar-refractivity contribution in [2.24, 2.45) is 0 Å². The summed E-state index contributed by atoms with van der Waals surface area (Å²) in [5, 5.41) is 8.85. The first-order chi connectivity index (χ1) is 7.77. The summed E-state index contributed by atoms with van der Waals surface area (Å²) in [5.41, 5.74) is 0.439. The number of carbonyl (C=O) groups is 1. The van der Waals surface area contributed by atoms with E-state index in [0.717, 1.165) is 11.3 Å². The van der Waals surface area contributed by atoms with Gasteiger partial charge < -0.3 is 5.11 Å². The molecule has 0 aromatic carbocycles. The molecule has 0 fully saturated rings. The standard InChI is InChI=1S/C10H13NO4S2/c1-4-7(3)11-17(14,15)8-5-6(2)9(16-8)10(12)13/h4-5,7,11H,1H2,2-3H3,(H,12,13). The number of carboxylic acids is 1. The predicted octanol–water partition coefficient (Wildman–Crippen LogP) is 1.61. The van der Waals surface area contributed by atoms with Gasteiger partial charge in [0.15, 0.2) is 0 Å². The van der Waals surface area contributed by atoms with Crippen molar-refractivity contribution in [2.75, 3.05) is 0 Å². The van der Waals surface area contributed by atoms with Crippen LogP contribution in [0.15, 0.2) is 22.9 Å². The summed E-state index contributed by atoms with van der Waals surface area (Å²) in [6.07, 6.45) is 1.45. The fourth-order valence-corrected chi connectivity index (χ4v) is 3.76. The molecule has 0 saturated heterocycles. The van der Waals surface area contributed by atoms with E-state index in [4.69, 9.17) is 5.11 Å². The molecule has 0 radical (unpaired) electrons. The van der Waals surface area contributed by atoms with Crippen molar-refractivity contribution in [1.82, 2.24) is 4.72 Å². The van der Waals surface area contributed by atoms with E-state index in [9.17, 15) is 13.2 Å². The van der Waals surface area contributed by atoms with Gasteiger partial charge in [-0.1, -0.05) is 6.08 Å². The first-order valence-corrected chi connectivity index (χ1v) is 7.06. The van der Waals surface area contributed by atoms with Crippen molar-refractivity contribution in [2.45, 2.75) is 24.1 Å². The van der Waals surface area contributed by atoms with E-state index in [1.807, 2.05) is 0 Å². The number of hydrogen-bond donors (Lipinski definition) is 2. The van der Waals surface area contributed by atoms with E-state index in [1.165, 1.54) is 12.1 Å². The molecule has 1 unspecified atom stereocenters. The average molecular weight is 275 g/mol. The van der Waals surface area contributed by atoms with Gasteiger partial charge in [0.25, 0.3) is 10.0 Å². The van der Waals surface area contributed by atoms with E-state index < -0.39 is 22.0 Å². The SMILES string of the molecule is C=CC(C)NS(=O)(=O)c1cc(C)c(C(=O)O)s1. The van der Waals surface area contributed by atoms with E-state index in [2.05, 4.69) is 11.3 Å². The molecule has 0 aliphatic heterocycles. The van der Waals surface area contributed by atoms with Crippen LogP contribution in [0.3, 0.4) is 0 Å². The molecule has 0 aliphatic rings. The lowest BCUT2D eigenvalue weighted by Gasteiger charge is -2.07. The lowest BCUT2D eigenvalue weighted by atomic mass is 10.3. The number of carboxylic acid groups (broad SMARTS) is 1. The van der Waals surface area contributed by atoms with Crippen LogP contribution in [0.25, 0.3) is 0 Å². The third-order valence-corrected chi connectivity index (χ3v) is 5.31. The van der Waals surface area contributed by atoms with Gasteiger partial charge in [0.05, 0.1) is 0 Å². The minimum Gasteiger partial charge on any atom is -0.477 e. The van der Waals surface area contributed by atoms with Crippen LogP contribution in [0.4, 0.5) is 0 Å². The molecule has 0 spiro atoms. The molecule has 5 nitrogen and oxygen atoms in total. The zero-order valence-corrected chi connectivity index (χ0v) is 11.1. The fourth-order valence-electron chi connectivity index (χ4n) is 1.15. The van der Waals surface area contributed by atoms with Crippen molar-refractivity contribution in [3.8, 4) is 0 Å². The Morgan fingerprint density at radius 1 is 1.65 bits per heavy atom. The monoisotopic (exact) mass is 275 g/mol. The highest BCUT2D eigenvalue weighted by atomic mass is 32.2. The summed E-state index contributed by atoms with van der Waals surface area (Å²) < 4.78 is 26.1. The Morgan fingerprint density at radius 3 is 2.65 bits per heavy atom. The van der Waals surface area contributed by atoms with Gasteiger partial charge in [0, 0.05) is 6.04 Å². The number of thiophene rings is 1. The Hall–Kier alpha value is -1.18. The highest BCUT2D eigenvalue weighted by molar-refractivity contribution is 7.91. The van der Waals surface area contributed by atoms with Gasteiger partial charge in [0.2, 0.25) is 0 Å². The molecule has 0 saturated carbocycles. The summed E-state index contributed by atoms with van der Waals surface area (Å²) >= 11 is 0.743. The summed E-state index contributed by atoms with van der Waals surface area (Å²) in [6, 6.07) is 0.947. The Morgan fingerprint density at radius 2 is 2.24 bits per heavy atom. The van der Waals surface area contributed by atoms with Crippen LogP contribution in [-0.4, -0.2) is 25.5 Å². The van der Waals surface area contributed by atoms with Crippen molar-refractivity contribution in [3.05, 3.63) is 29.2 Å². The molecule has 94 valence electrons. The van der Waals surface area contributed by atoms with Crippen LogP contribution < -0.4 is 4.72 Å². The highest BCUT2D eigenvalue weighted by Gasteiger charge is 2.22. The maximum atomic E-state index is 11.8. The quantitative estimate of drug-likeness (QED) is 0.800. The van der Waals surface area contributed by atoms with E-state index in [-0.39, 0.29) is 9.09 Å². The summed E-state index contributed by atoms with van der Waals surface area (Å²) in [7, 11) is -3.67. The smallest absolute Gasteiger partial charge is 0.346 e. The average Bonchev–Trinajstić information content (AvgIpc) is 2.60. The Labute approximate surface area is 104 Å². The zero-order chi connectivity index (χ0) is 13.2. The molecule has 1 aromatic rings. The second-order valence-electron chi connectivity index (χ2n) is 3.53. The van der Waals surface area contributed by atoms with Crippen molar-refractivity contribution < 1.29 is 18.3 Å². The predicted molar refractivity (Wildman–Crippen MR) is 66.0 cm³/mol. The Bertz CT molecular complexity index is 545. The molecular formula is C10H13NO4S2. The van der Waals surface area contributed by atoms with Gasteiger partial charge in [-0.05, 0) is 25.5 Å². The highest BCUT2D eigenvalue weighted by Crippen LogP contribution is 2.25. The third-order valence-electron chi connectivity index (χ3n) is 2.05. The van der Waals surface area contributed by atoms with E-state index in [1.54, 1.807) is 13.8 Å². The normalized spacial score (nSPS) is 13.3. The molecular weight excluding hydrogens is 262 g/mol. The number of rotatable bonds is 5.